The summed E-state index contributed by atoms with van der Waals surface area (Å²) in [5.41, 5.74) is 5.83. The summed E-state index contributed by atoms with van der Waals surface area (Å²) >= 11 is 12.5. The molecule has 0 bridgehead atoms. The Labute approximate surface area is 209 Å². The van der Waals surface area contributed by atoms with Gasteiger partial charge in [0.1, 0.15) is 17.7 Å². The molecule has 1 fully saturated rings. The van der Waals surface area contributed by atoms with Gasteiger partial charge in [-0.25, -0.2) is 8.78 Å². The largest absolute Gasteiger partial charge is 0.440 e. The molecule has 2 amide bonds. The second-order valence-electron chi connectivity index (χ2n) is 8.29. The van der Waals surface area contributed by atoms with E-state index in [4.69, 9.17) is 38.4 Å². The molecule has 3 aromatic rings. The number of hydrogen-bond acceptors (Lipinski definition) is 4. The molecule has 6 nitrogen and oxygen atoms in total. The number of nitrogens with zero attached hydrogens (tertiary/aromatic N) is 1. The number of carbonyl (C=O) groups excluding carboxylic acids is 2. The molecule has 0 spiro atoms. The van der Waals surface area contributed by atoms with Crippen molar-refractivity contribution in [2.24, 2.45) is 5.73 Å². The summed E-state index contributed by atoms with van der Waals surface area (Å²) in [6.45, 7) is 0.278. The Morgan fingerprint density at radius 1 is 1.00 bits per heavy atom. The van der Waals surface area contributed by atoms with Gasteiger partial charge in [-0.1, -0.05) is 23.2 Å². The van der Waals surface area contributed by atoms with Crippen molar-refractivity contribution in [3.8, 4) is 11.5 Å². The average molecular weight is 519 g/mol. The van der Waals surface area contributed by atoms with Crippen LogP contribution in [-0.4, -0.2) is 29.3 Å². The smallest absolute Gasteiger partial charge is 0.307 e. The molecule has 10 heteroatoms. The first-order chi connectivity index (χ1) is 16.7. The zero-order valence-corrected chi connectivity index (χ0v) is 19.6. The predicted octanol–water partition coefficient (Wildman–Crippen LogP) is 5.03. The third kappa shape index (κ3) is 3.96. The molecule has 3 aromatic carbocycles. The maximum absolute atomic E-state index is 15.1. The summed E-state index contributed by atoms with van der Waals surface area (Å²) < 4.78 is 41.1. The van der Waals surface area contributed by atoms with E-state index in [9.17, 15) is 14.0 Å². The van der Waals surface area contributed by atoms with Gasteiger partial charge < -0.3 is 20.1 Å². The number of amides is 2. The van der Waals surface area contributed by atoms with Crippen molar-refractivity contribution in [1.82, 2.24) is 4.90 Å². The lowest BCUT2D eigenvalue weighted by Gasteiger charge is -2.29. The average Bonchev–Trinajstić information content (AvgIpc) is 3.44. The quantitative estimate of drug-likeness (QED) is 0.524. The van der Waals surface area contributed by atoms with Gasteiger partial charge in [0.05, 0.1) is 16.1 Å². The highest BCUT2D eigenvalue weighted by atomic mass is 35.5. The van der Waals surface area contributed by atoms with E-state index < -0.39 is 35.3 Å². The topological polar surface area (TPSA) is 81.9 Å². The lowest BCUT2D eigenvalue weighted by molar-refractivity contribution is -0.121. The summed E-state index contributed by atoms with van der Waals surface area (Å²) in [6, 6.07) is 11.5. The first-order valence-corrected chi connectivity index (χ1v) is 11.5. The van der Waals surface area contributed by atoms with Crippen LogP contribution in [0.25, 0.3) is 0 Å². The van der Waals surface area contributed by atoms with E-state index in [1.54, 1.807) is 12.1 Å². The van der Waals surface area contributed by atoms with Gasteiger partial charge in [-0.3, -0.25) is 9.59 Å². The number of carbonyl (C=O) groups is 2. The van der Waals surface area contributed by atoms with Crippen LogP contribution in [-0.2, 0) is 10.6 Å². The van der Waals surface area contributed by atoms with E-state index in [1.165, 1.54) is 41.3 Å². The third-order valence-corrected chi connectivity index (χ3v) is 6.67. The molecule has 0 saturated carbocycles. The van der Waals surface area contributed by atoms with Crippen LogP contribution >= 0.6 is 23.2 Å². The molecule has 2 aliphatic rings. The minimum atomic E-state index is -1.70. The molecule has 2 aliphatic heterocycles. The highest BCUT2D eigenvalue weighted by Gasteiger charge is 2.48. The first kappa shape index (κ1) is 23.4. The molecule has 0 aliphatic carbocycles. The van der Waals surface area contributed by atoms with Crippen molar-refractivity contribution in [1.29, 1.82) is 0 Å². The molecule has 1 unspecified atom stereocenters. The van der Waals surface area contributed by atoms with Gasteiger partial charge in [-0.2, -0.15) is 0 Å². The summed E-state index contributed by atoms with van der Waals surface area (Å²) in [7, 11) is 0. The molecule has 0 radical (unpaired) electrons. The molecule has 1 saturated heterocycles. The fourth-order valence-corrected chi connectivity index (χ4v) is 4.99. The number of nitrogens with two attached hydrogens (primary N) is 1. The van der Waals surface area contributed by atoms with E-state index in [1.807, 2.05) is 0 Å². The number of primary amides is 1. The van der Waals surface area contributed by atoms with Crippen molar-refractivity contribution in [2.75, 3.05) is 6.54 Å². The molecule has 5 rings (SSSR count). The van der Waals surface area contributed by atoms with Crippen molar-refractivity contribution in [2.45, 2.75) is 24.7 Å². The summed E-state index contributed by atoms with van der Waals surface area (Å²) in [5, 5.41) is 0.574. The van der Waals surface area contributed by atoms with Crippen LogP contribution in [0.5, 0.6) is 11.5 Å². The predicted molar refractivity (Wildman–Crippen MR) is 125 cm³/mol. The van der Waals surface area contributed by atoms with E-state index in [-0.39, 0.29) is 28.6 Å². The highest BCUT2D eigenvalue weighted by molar-refractivity contribution is 6.35. The Morgan fingerprint density at radius 2 is 1.69 bits per heavy atom. The summed E-state index contributed by atoms with van der Waals surface area (Å²) in [5.74, 6) is -4.28. The second kappa shape index (κ2) is 8.70. The molecular formula is C25H18Cl2F2N2O4. The molecule has 2 atom stereocenters. The minimum Gasteiger partial charge on any atom is -0.440 e. The standard InChI is InChI=1S/C25H18Cl2F2N2O4/c26-14-5-8-17(18(27)10-14)25(13-3-6-15(28)7-4-13)34-21-11-16(19(29)12-22(21)35-25)24(33)31-9-1-2-20(31)23(30)32/h3-8,10-12,20H,1-2,9H2,(H2,30,32)/t20-,25?/m0/s1. The van der Waals surface area contributed by atoms with Gasteiger partial charge in [-0.15, -0.1) is 0 Å². The van der Waals surface area contributed by atoms with Gasteiger partial charge in [0.2, 0.25) is 5.91 Å². The Morgan fingerprint density at radius 3 is 2.34 bits per heavy atom. The van der Waals surface area contributed by atoms with Crippen LogP contribution in [0.1, 0.15) is 34.3 Å². The van der Waals surface area contributed by atoms with E-state index >= 15 is 4.39 Å². The van der Waals surface area contributed by atoms with Gasteiger partial charge in [0.25, 0.3) is 5.91 Å². The normalized spacial score (nSPS) is 20.8. The van der Waals surface area contributed by atoms with Crippen LogP contribution in [0.15, 0.2) is 54.6 Å². The van der Waals surface area contributed by atoms with Crippen molar-refractivity contribution in [3.63, 3.8) is 0 Å². The summed E-state index contributed by atoms with van der Waals surface area (Å²) in [6.07, 6.45) is 0.990. The van der Waals surface area contributed by atoms with Crippen LogP contribution < -0.4 is 15.2 Å². The van der Waals surface area contributed by atoms with E-state index in [0.717, 1.165) is 6.07 Å². The van der Waals surface area contributed by atoms with Gasteiger partial charge in [0.15, 0.2) is 11.5 Å². The van der Waals surface area contributed by atoms with E-state index in [2.05, 4.69) is 0 Å². The Hall–Kier alpha value is -3.36. The van der Waals surface area contributed by atoms with Crippen molar-refractivity contribution >= 4 is 35.0 Å². The monoisotopic (exact) mass is 518 g/mol. The lowest BCUT2D eigenvalue weighted by atomic mass is 9.97. The van der Waals surface area contributed by atoms with Gasteiger partial charge in [0, 0.05) is 23.2 Å². The number of rotatable bonds is 4. The second-order valence-corrected chi connectivity index (χ2v) is 9.13. The van der Waals surface area contributed by atoms with Gasteiger partial charge in [-0.05, 0) is 61.4 Å². The van der Waals surface area contributed by atoms with Crippen molar-refractivity contribution in [3.05, 3.63) is 93.0 Å². The van der Waals surface area contributed by atoms with Crippen LogP contribution in [0.2, 0.25) is 10.0 Å². The van der Waals surface area contributed by atoms with Crippen LogP contribution in [0.4, 0.5) is 8.78 Å². The highest BCUT2D eigenvalue weighted by Crippen LogP contribution is 2.50. The molecule has 35 heavy (non-hydrogen) atoms. The third-order valence-electron chi connectivity index (χ3n) is 6.12. The Balaban J connectivity index is 1.59. The number of likely N-dealkylation sites (tertiary alicyclic amines) is 1. The molecule has 180 valence electrons. The maximum Gasteiger partial charge on any atom is 0.307 e. The lowest BCUT2D eigenvalue weighted by Crippen LogP contribution is -2.43. The SMILES string of the molecule is NC(=O)[C@@H]1CCCN1C(=O)c1cc2c(cc1F)OC(c1ccc(F)cc1)(c1ccc(Cl)cc1Cl)O2. The number of hydrogen-bond donors (Lipinski definition) is 1. The van der Waals surface area contributed by atoms with E-state index in [0.29, 0.717) is 29.0 Å². The zero-order valence-electron chi connectivity index (χ0n) is 18.1. The number of ether oxygens (including phenoxy) is 2. The van der Waals surface area contributed by atoms with Crippen molar-refractivity contribution < 1.29 is 27.8 Å². The zero-order chi connectivity index (χ0) is 24.9. The fourth-order valence-electron chi connectivity index (χ4n) is 4.46. The van der Waals surface area contributed by atoms with Crippen LogP contribution in [0, 0.1) is 11.6 Å². The number of fused-ring (bicyclic) bond motifs is 1. The minimum absolute atomic E-state index is 0.0160. The Bertz CT molecular complexity index is 1350. The maximum atomic E-state index is 15.1. The Kier molecular flexibility index (Phi) is 5.81. The first-order valence-electron chi connectivity index (χ1n) is 10.7. The van der Waals surface area contributed by atoms with Crippen LogP contribution in [0.3, 0.4) is 0 Å². The molecule has 2 heterocycles. The molecular weight excluding hydrogens is 501 g/mol. The van der Waals surface area contributed by atoms with Gasteiger partial charge >= 0.3 is 5.79 Å². The number of benzene rings is 3. The number of halogens is 4. The summed E-state index contributed by atoms with van der Waals surface area (Å²) in [4.78, 5) is 26.1. The fraction of sp³-hybridized carbons (Fsp3) is 0.200. The molecule has 2 N–H and O–H groups in total. The molecule has 0 aromatic heterocycles.